The third kappa shape index (κ3) is 2.33. The van der Waals surface area contributed by atoms with Gasteiger partial charge in [-0.05, 0) is 56.6 Å². The molecule has 0 aromatic heterocycles. The first kappa shape index (κ1) is 11.9. The van der Waals surface area contributed by atoms with Crippen molar-refractivity contribution in [3.8, 4) is 5.75 Å². The van der Waals surface area contributed by atoms with Crippen molar-refractivity contribution in [3.05, 3.63) is 23.8 Å². The summed E-state index contributed by atoms with van der Waals surface area (Å²) in [6.07, 6.45) is 6.08. The van der Waals surface area contributed by atoms with E-state index in [0.29, 0.717) is 0 Å². The highest BCUT2D eigenvalue weighted by Crippen LogP contribution is 2.38. The Morgan fingerprint density at radius 2 is 2.28 bits per heavy atom. The number of aryl methyl sites for hydroxylation is 1. The van der Waals surface area contributed by atoms with Gasteiger partial charge in [0.15, 0.2) is 0 Å². The molecule has 2 heteroatoms. The van der Waals surface area contributed by atoms with Crippen LogP contribution in [-0.4, -0.2) is 12.1 Å². The van der Waals surface area contributed by atoms with Crippen LogP contribution >= 0.6 is 0 Å². The molecular formula is C16H23NO. The predicted octanol–water partition coefficient (Wildman–Crippen LogP) is 4.00. The summed E-state index contributed by atoms with van der Waals surface area (Å²) in [4.78, 5) is 0. The Morgan fingerprint density at radius 3 is 3.06 bits per heavy atom. The van der Waals surface area contributed by atoms with Crippen molar-refractivity contribution >= 4 is 5.69 Å². The molecule has 0 bridgehead atoms. The number of benzene rings is 1. The molecule has 1 fully saturated rings. The Hall–Kier alpha value is -1.18. The summed E-state index contributed by atoms with van der Waals surface area (Å²) in [5.74, 6) is 1.82. The van der Waals surface area contributed by atoms with Gasteiger partial charge >= 0.3 is 0 Å². The lowest BCUT2D eigenvalue weighted by atomic mass is 10.0. The van der Waals surface area contributed by atoms with E-state index in [2.05, 4.69) is 37.4 Å². The van der Waals surface area contributed by atoms with Crippen LogP contribution in [0.5, 0.6) is 5.75 Å². The van der Waals surface area contributed by atoms with E-state index in [1.54, 1.807) is 0 Å². The number of anilines is 1. The monoisotopic (exact) mass is 245 g/mol. The van der Waals surface area contributed by atoms with Gasteiger partial charge in [0, 0.05) is 18.3 Å². The zero-order valence-corrected chi connectivity index (χ0v) is 11.5. The van der Waals surface area contributed by atoms with Gasteiger partial charge in [-0.1, -0.05) is 13.0 Å². The van der Waals surface area contributed by atoms with Crippen molar-refractivity contribution < 1.29 is 4.74 Å². The van der Waals surface area contributed by atoms with Crippen LogP contribution in [0.25, 0.3) is 0 Å². The molecule has 1 N–H and O–H groups in total. The fourth-order valence-corrected chi connectivity index (χ4v) is 3.37. The molecule has 1 aliphatic heterocycles. The van der Waals surface area contributed by atoms with Crippen molar-refractivity contribution in [2.45, 2.75) is 51.6 Å². The Labute approximate surface area is 110 Å². The second-order valence-electron chi connectivity index (χ2n) is 6.25. The van der Waals surface area contributed by atoms with E-state index < -0.39 is 0 Å². The first-order valence-electron chi connectivity index (χ1n) is 7.20. The highest BCUT2D eigenvalue weighted by Gasteiger charge is 2.35. The van der Waals surface area contributed by atoms with Crippen LogP contribution in [0.4, 0.5) is 5.69 Å². The zero-order chi connectivity index (χ0) is 12.6. The van der Waals surface area contributed by atoms with E-state index in [1.165, 1.54) is 43.4 Å². The number of hydrogen-bond donors (Lipinski definition) is 1. The van der Waals surface area contributed by atoms with Crippen molar-refractivity contribution in [3.63, 3.8) is 0 Å². The summed E-state index contributed by atoms with van der Waals surface area (Å²) in [6, 6.07) is 6.54. The lowest BCUT2D eigenvalue weighted by molar-refractivity contribution is 0.0929. The van der Waals surface area contributed by atoms with Gasteiger partial charge in [-0.15, -0.1) is 0 Å². The van der Waals surface area contributed by atoms with Crippen molar-refractivity contribution in [2.24, 2.45) is 5.92 Å². The minimum atomic E-state index is 0.0440. The maximum absolute atomic E-state index is 6.26. The SMILES string of the molecule is CC1CCC(C)(Oc2ccc3c(c2)NCCC3)C1. The molecule has 0 saturated heterocycles. The zero-order valence-electron chi connectivity index (χ0n) is 11.5. The normalized spacial score (nSPS) is 30.7. The van der Waals surface area contributed by atoms with Gasteiger partial charge in [0.2, 0.25) is 0 Å². The van der Waals surface area contributed by atoms with E-state index in [4.69, 9.17) is 4.74 Å². The lowest BCUT2D eigenvalue weighted by Gasteiger charge is -2.27. The summed E-state index contributed by atoms with van der Waals surface area (Å²) < 4.78 is 6.26. The molecule has 2 atom stereocenters. The molecule has 3 rings (SSSR count). The van der Waals surface area contributed by atoms with Crippen molar-refractivity contribution in [1.82, 2.24) is 0 Å². The molecule has 2 nitrogen and oxygen atoms in total. The highest BCUT2D eigenvalue weighted by atomic mass is 16.5. The largest absolute Gasteiger partial charge is 0.487 e. The van der Waals surface area contributed by atoms with E-state index in [9.17, 15) is 0 Å². The number of fused-ring (bicyclic) bond motifs is 1. The molecule has 18 heavy (non-hydrogen) atoms. The summed E-state index contributed by atoms with van der Waals surface area (Å²) in [7, 11) is 0. The van der Waals surface area contributed by atoms with Gasteiger partial charge in [0.1, 0.15) is 11.4 Å². The minimum absolute atomic E-state index is 0.0440. The molecule has 1 saturated carbocycles. The third-order valence-corrected chi connectivity index (χ3v) is 4.33. The van der Waals surface area contributed by atoms with Gasteiger partial charge in [-0.2, -0.15) is 0 Å². The molecule has 0 amide bonds. The van der Waals surface area contributed by atoms with Crippen LogP contribution < -0.4 is 10.1 Å². The second-order valence-corrected chi connectivity index (χ2v) is 6.25. The quantitative estimate of drug-likeness (QED) is 0.850. The summed E-state index contributed by atoms with van der Waals surface area (Å²) in [5, 5.41) is 3.47. The number of ether oxygens (including phenoxy) is 1. The van der Waals surface area contributed by atoms with Crippen LogP contribution in [0.3, 0.4) is 0 Å². The van der Waals surface area contributed by atoms with Gasteiger partial charge in [0.25, 0.3) is 0 Å². The average Bonchev–Trinajstić information content (AvgIpc) is 2.69. The summed E-state index contributed by atoms with van der Waals surface area (Å²) in [5.41, 5.74) is 2.74. The summed E-state index contributed by atoms with van der Waals surface area (Å²) in [6.45, 7) is 5.66. The second kappa shape index (κ2) is 4.49. The maximum atomic E-state index is 6.26. The molecule has 1 aromatic carbocycles. The highest BCUT2D eigenvalue weighted by molar-refractivity contribution is 5.56. The third-order valence-electron chi connectivity index (χ3n) is 4.33. The fraction of sp³-hybridized carbons (Fsp3) is 0.625. The first-order valence-corrected chi connectivity index (χ1v) is 7.20. The van der Waals surface area contributed by atoms with Crippen molar-refractivity contribution in [2.75, 3.05) is 11.9 Å². The van der Waals surface area contributed by atoms with E-state index in [-0.39, 0.29) is 5.60 Å². The van der Waals surface area contributed by atoms with Gasteiger partial charge in [-0.25, -0.2) is 0 Å². The van der Waals surface area contributed by atoms with Crippen LogP contribution in [0.15, 0.2) is 18.2 Å². The Kier molecular flexibility index (Phi) is 2.96. The van der Waals surface area contributed by atoms with E-state index in [0.717, 1.165) is 18.2 Å². The maximum Gasteiger partial charge on any atom is 0.122 e. The lowest BCUT2D eigenvalue weighted by Crippen LogP contribution is -2.28. The predicted molar refractivity (Wildman–Crippen MR) is 75.3 cm³/mol. The number of nitrogens with one attached hydrogen (secondary N) is 1. The molecule has 98 valence electrons. The summed E-state index contributed by atoms with van der Waals surface area (Å²) >= 11 is 0. The van der Waals surface area contributed by atoms with Crippen LogP contribution in [0, 0.1) is 5.92 Å². The molecule has 1 aliphatic carbocycles. The molecule has 2 aliphatic rings. The Balaban J connectivity index is 1.77. The van der Waals surface area contributed by atoms with Crippen LogP contribution in [0.2, 0.25) is 0 Å². The number of rotatable bonds is 2. The van der Waals surface area contributed by atoms with Crippen LogP contribution in [0.1, 0.15) is 45.1 Å². The molecule has 0 radical (unpaired) electrons. The average molecular weight is 245 g/mol. The van der Waals surface area contributed by atoms with Gasteiger partial charge in [0.05, 0.1) is 0 Å². The van der Waals surface area contributed by atoms with E-state index >= 15 is 0 Å². The topological polar surface area (TPSA) is 21.3 Å². The van der Waals surface area contributed by atoms with Crippen molar-refractivity contribution in [1.29, 1.82) is 0 Å². The molecular weight excluding hydrogens is 222 g/mol. The standard InChI is InChI=1S/C16H23NO/c1-12-7-8-16(2,11-12)18-14-6-5-13-4-3-9-17-15(13)10-14/h5-6,10,12,17H,3-4,7-9,11H2,1-2H3. The van der Waals surface area contributed by atoms with E-state index in [1.807, 2.05) is 0 Å². The Morgan fingerprint density at radius 1 is 1.39 bits per heavy atom. The van der Waals surface area contributed by atoms with Crippen LogP contribution in [-0.2, 0) is 6.42 Å². The fourth-order valence-electron chi connectivity index (χ4n) is 3.37. The Bertz CT molecular complexity index is 443. The van der Waals surface area contributed by atoms with Gasteiger partial charge in [-0.3, -0.25) is 0 Å². The molecule has 2 unspecified atom stereocenters. The smallest absolute Gasteiger partial charge is 0.122 e. The first-order chi connectivity index (χ1) is 8.65. The molecule has 0 spiro atoms. The van der Waals surface area contributed by atoms with Gasteiger partial charge < -0.3 is 10.1 Å². The minimum Gasteiger partial charge on any atom is -0.487 e. The molecule has 1 aromatic rings. The number of hydrogen-bond acceptors (Lipinski definition) is 2. The molecule has 1 heterocycles.